The molecule has 0 radical (unpaired) electrons. The predicted octanol–water partition coefficient (Wildman–Crippen LogP) is 0.529. The first-order chi connectivity index (χ1) is 8.72. The molecule has 1 saturated heterocycles. The molecule has 0 bridgehead atoms. The molecule has 0 spiro atoms. The van der Waals surface area contributed by atoms with Crippen LogP contribution in [0.3, 0.4) is 0 Å². The van der Waals surface area contributed by atoms with E-state index in [2.05, 4.69) is 0 Å². The normalized spacial score (nSPS) is 19.2. The van der Waals surface area contributed by atoms with Crippen molar-refractivity contribution in [1.29, 1.82) is 0 Å². The van der Waals surface area contributed by atoms with E-state index in [1.54, 1.807) is 0 Å². The smallest absolute Gasteiger partial charge is 0.227 e. The van der Waals surface area contributed by atoms with Crippen LogP contribution in [0.1, 0.15) is 17.5 Å². The number of hydrogen-bond acceptors (Lipinski definition) is 3. The minimum Gasteiger partial charge on any atom is -0.396 e. The fourth-order valence-corrected chi connectivity index (χ4v) is 2.29. The summed E-state index contributed by atoms with van der Waals surface area (Å²) in [5.41, 5.74) is 7.63. The third-order valence-electron chi connectivity index (χ3n) is 3.51. The van der Waals surface area contributed by atoms with E-state index < -0.39 is 0 Å². The van der Waals surface area contributed by atoms with Crippen molar-refractivity contribution in [2.24, 2.45) is 11.7 Å². The van der Waals surface area contributed by atoms with E-state index in [1.165, 1.54) is 0 Å². The first-order valence-electron chi connectivity index (χ1n) is 6.39. The summed E-state index contributed by atoms with van der Waals surface area (Å²) in [6.45, 7) is 2.16. The zero-order valence-corrected chi connectivity index (χ0v) is 10.5. The molecule has 1 atom stereocenters. The Morgan fingerprint density at radius 1 is 1.33 bits per heavy atom. The molecular weight excluding hydrogens is 228 g/mol. The topological polar surface area (TPSA) is 66.6 Å². The van der Waals surface area contributed by atoms with E-state index in [0.717, 1.165) is 24.1 Å². The lowest BCUT2D eigenvalue weighted by Crippen LogP contribution is -2.30. The Morgan fingerprint density at radius 3 is 2.56 bits per heavy atom. The van der Waals surface area contributed by atoms with Crippen molar-refractivity contribution in [3.05, 3.63) is 35.4 Å². The van der Waals surface area contributed by atoms with Gasteiger partial charge in [-0.1, -0.05) is 24.3 Å². The Labute approximate surface area is 107 Å². The standard InChI is InChI=1S/C14H20N2O2/c15-8-12-3-1-11(2-4-12)7-14(18)16-6-5-13(9-16)10-17/h1-4,13,17H,5-10,15H2. The monoisotopic (exact) mass is 248 g/mol. The van der Waals surface area contributed by atoms with Crippen molar-refractivity contribution in [2.45, 2.75) is 19.4 Å². The second-order valence-electron chi connectivity index (χ2n) is 4.87. The summed E-state index contributed by atoms with van der Waals surface area (Å²) in [6, 6.07) is 7.84. The van der Waals surface area contributed by atoms with Gasteiger partial charge in [0.2, 0.25) is 5.91 Å². The van der Waals surface area contributed by atoms with Crippen LogP contribution in [0.25, 0.3) is 0 Å². The van der Waals surface area contributed by atoms with Crippen LogP contribution in [-0.2, 0) is 17.8 Å². The van der Waals surface area contributed by atoms with E-state index in [0.29, 0.717) is 19.5 Å². The summed E-state index contributed by atoms with van der Waals surface area (Å²) < 4.78 is 0. The predicted molar refractivity (Wildman–Crippen MR) is 69.8 cm³/mol. The average molecular weight is 248 g/mol. The van der Waals surface area contributed by atoms with Gasteiger partial charge in [0.1, 0.15) is 0 Å². The van der Waals surface area contributed by atoms with Gasteiger partial charge in [0.05, 0.1) is 6.42 Å². The van der Waals surface area contributed by atoms with Crippen LogP contribution in [0.15, 0.2) is 24.3 Å². The van der Waals surface area contributed by atoms with Crippen LogP contribution < -0.4 is 5.73 Å². The first-order valence-corrected chi connectivity index (χ1v) is 6.39. The second-order valence-corrected chi connectivity index (χ2v) is 4.87. The van der Waals surface area contributed by atoms with Crippen molar-refractivity contribution in [1.82, 2.24) is 4.90 Å². The summed E-state index contributed by atoms with van der Waals surface area (Å²) in [4.78, 5) is 13.9. The van der Waals surface area contributed by atoms with Gasteiger partial charge >= 0.3 is 0 Å². The molecule has 1 aliphatic rings. The average Bonchev–Trinajstić information content (AvgIpc) is 2.88. The number of benzene rings is 1. The van der Waals surface area contributed by atoms with E-state index in [4.69, 9.17) is 10.8 Å². The molecule has 0 saturated carbocycles. The molecule has 4 nitrogen and oxygen atoms in total. The van der Waals surface area contributed by atoms with Gasteiger partial charge in [-0.2, -0.15) is 0 Å². The molecule has 1 aromatic rings. The summed E-state index contributed by atoms with van der Waals surface area (Å²) in [7, 11) is 0. The van der Waals surface area contributed by atoms with Gasteiger partial charge in [0.25, 0.3) is 0 Å². The minimum atomic E-state index is 0.145. The zero-order chi connectivity index (χ0) is 13.0. The molecule has 98 valence electrons. The number of amides is 1. The minimum absolute atomic E-state index is 0.145. The molecule has 1 unspecified atom stereocenters. The fourth-order valence-electron chi connectivity index (χ4n) is 2.29. The Balaban J connectivity index is 1.90. The number of aliphatic hydroxyl groups excluding tert-OH is 1. The van der Waals surface area contributed by atoms with Gasteiger partial charge in [-0.15, -0.1) is 0 Å². The van der Waals surface area contributed by atoms with Crippen LogP contribution in [0.5, 0.6) is 0 Å². The fraction of sp³-hybridized carbons (Fsp3) is 0.500. The molecule has 1 aliphatic heterocycles. The van der Waals surface area contributed by atoms with Crippen LogP contribution in [0.2, 0.25) is 0 Å². The van der Waals surface area contributed by atoms with E-state index in [1.807, 2.05) is 29.2 Å². The number of carbonyl (C=O) groups is 1. The highest BCUT2D eigenvalue weighted by atomic mass is 16.3. The lowest BCUT2D eigenvalue weighted by atomic mass is 10.1. The Morgan fingerprint density at radius 2 is 2.00 bits per heavy atom. The largest absolute Gasteiger partial charge is 0.396 e. The second kappa shape index (κ2) is 5.98. The maximum Gasteiger partial charge on any atom is 0.227 e. The highest BCUT2D eigenvalue weighted by Crippen LogP contribution is 2.16. The molecule has 1 heterocycles. The molecule has 2 rings (SSSR count). The van der Waals surface area contributed by atoms with Crippen LogP contribution >= 0.6 is 0 Å². The van der Waals surface area contributed by atoms with Crippen LogP contribution in [0, 0.1) is 5.92 Å². The van der Waals surface area contributed by atoms with Gasteiger partial charge in [-0.25, -0.2) is 0 Å². The van der Waals surface area contributed by atoms with Crippen molar-refractivity contribution in [3.8, 4) is 0 Å². The van der Waals surface area contributed by atoms with Crippen LogP contribution in [0.4, 0.5) is 0 Å². The van der Waals surface area contributed by atoms with Crippen molar-refractivity contribution in [2.75, 3.05) is 19.7 Å². The van der Waals surface area contributed by atoms with E-state index in [9.17, 15) is 4.79 Å². The number of likely N-dealkylation sites (tertiary alicyclic amines) is 1. The Kier molecular flexibility index (Phi) is 4.33. The molecule has 3 N–H and O–H groups in total. The molecule has 18 heavy (non-hydrogen) atoms. The SMILES string of the molecule is NCc1ccc(CC(=O)N2CCC(CO)C2)cc1. The number of carbonyl (C=O) groups excluding carboxylic acids is 1. The molecule has 0 aromatic heterocycles. The lowest BCUT2D eigenvalue weighted by molar-refractivity contribution is -0.129. The number of hydrogen-bond donors (Lipinski definition) is 2. The lowest BCUT2D eigenvalue weighted by Gasteiger charge is -2.16. The van der Waals surface area contributed by atoms with Gasteiger partial charge < -0.3 is 15.7 Å². The maximum atomic E-state index is 12.1. The summed E-state index contributed by atoms with van der Waals surface area (Å²) >= 11 is 0. The number of nitrogens with zero attached hydrogens (tertiary/aromatic N) is 1. The zero-order valence-electron chi connectivity index (χ0n) is 10.5. The molecule has 0 aliphatic carbocycles. The highest BCUT2D eigenvalue weighted by Gasteiger charge is 2.25. The molecule has 1 amide bonds. The Hall–Kier alpha value is -1.39. The molecule has 1 aromatic carbocycles. The molecule has 1 fully saturated rings. The maximum absolute atomic E-state index is 12.1. The van der Waals surface area contributed by atoms with Crippen LogP contribution in [-0.4, -0.2) is 35.6 Å². The number of rotatable bonds is 4. The summed E-state index contributed by atoms with van der Waals surface area (Å²) in [5.74, 6) is 0.403. The molecule has 4 heteroatoms. The summed E-state index contributed by atoms with van der Waals surface area (Å²) in [5, 5.41) is 9.06. The van der Waals surface area contributed by atoms with E-state index in [-0.39, 0.29) is 18.4 Å². The van der Waals surface area contributed by atoms with Gasteiger partial charge in [0, 0.05) is 32.2 Å². The van der Waals surface area contributed by atoms with Crippen molar-refractivity contribution >= 4 is 5.91 Å². The first kappa shape index (κ1) is 13.1. The highest BCUT2D eigenvalue weighted by molar-refractivity contribution is 5.79. The summed E-state index contributed by atoms with van der Waals surface area (Å²) in [6.07, 6.45) is 1.34. The van der Waals surface area contributed by atoms with Gasteiger partial charge in [-0.05, 0) is 17.5 Å². The van der Waals surface area contributed by atoms with E-state index >= 15 is 0 Å². The van der Waals surface area contributed by atoms with Crippen molar-refractivity contribution in [3.63, 3.8) is 0 Å². The quantitative estimate of drug-likeness (QED) is 0.816. The number of nitrogens with two attached hydrogens (primary N) is 1. The van der Waals surface area contributed by atoms with Gasteiger partial charge in [-0.3, -0.25) is 4.79 Å². The number of aliphatic hydroxyl groups is 1. The third kappa shape index (κ3) is 3.09. The van der Waals surface area contributed by atoms with Gasteiger partial charge in [0.15, 0.2) is 0 Å². The third-order valence-corrected chi connectivity index (χ3v) is 3.51. The van der Waals surface area contributed by atoms with Crippen molar-refractivity contribution < 1.29 is 9.90 Å². The Bertz CT molecular complexity index is 403. The molecular formula is C14H20N2O2.